The fourth-order valence-corrected chi connectivity index (χ4v) is 2.85. The number of aryl methyl sites for hydroxylation is 4. The van der Waals surface area contributed by atoms with Crippen molar-refractivity contribution in [1.29, 1.82) is 0 Å². The zero-order valence-electron chi connectivity index (χ0n) is 13.6. The van der Waals surface area contributed by atoms with Gasteiger partial charge in [0.15, 0.2) is 6.20 Å². The van der Waals surface area contributed by atoms with Crippen LogP contribution in [0, 0.1) is 26.7 Å². The van der Waals surface area contributed by atoms with Crippen LogP contribution in [0.25, 0.3) is 11.3 Å². The van der Waals surface area contributed by atoms with Gasteiger partial charge in [0.1, 0.15) is 7.05 Å². The fraction of sp³-hybridized carbons (Fsp3) is 0.421. The average Bonchev–Trinajstić information content (AvgIpc) is 2.33. The minimum absolute atomic E-state index is 0.688. The van der Waals surface area contributed by atoms with Gasteiger partial charge < -0.3 is 0 Å². The Labute approximate surface area is 123 Å². The number of nitrogens with zero attached hydrogens (tertiary/aromatic N) is 1. The molecule has 0 radical (unpaired) electrons. The summed E-state index contributed by atoms with van der Waals surface area (Å²) < 4.78 is 2.25. The number of rotatable bonds is 3. The first-order valence-corrected chi connectivity index (χ1v) is 7.45. The molecule has 0 fully saturated rings. The summed E-state index contributed by atoms with van der Waals surface area (Å²) in [7, 11) is 2.14. The van der Waals surface area contributed by atoms with Crippen molar-refractivity contribution in [3.05, 3.63) is 52.7 Å². The summed E-state index contributed by atoms with van der Waals surface area (Å²) in [6.07, 6.45) is 3.40. The SMILES string of the molecule is Cc1ccc(-c2cc(CC(C)C)c(C)c[n+]2C)c(C)c1. The minimum atomic E-state index is 0.688. The van der Waals surface area contributed by atoms with Crippen LogP contribution in [0.1, 0.15) is 36.1 Å². The Morgan fingerprint density at radius 3 is 2.30 bits per heavy atom. The van der Waals surface area contributed by atoms with Gasteiger partial charge in [-0.15, -0.1) is 0 Å². The highest BCUT2D eigenvalue weighted by Gasteiger charge is 2.16. The van der Waals surface area contributed by atoms with Crippen molar-refractivity contribution < 1.29 is 4.57 Å². The highest BCUT2D eigenvalue weighted by atomic mass is 14.9. The average molecular weight is 268 g/mol. The number of pyridine rings is 1. The Morgan fingerprint density at radius 1 is 1.00 bits per heavy atom. The Bertz CT molecular complexity index is 624. The van der Waals surface area contributed by atoms with Crippen LogP contribution in [0.15, 0.2) is 30.5 Å². The monoisotopic (exact) mass is 268 g/mol. The van der Waals surface area contributed by atoms with E-state index in [0.717, 1.165) is 6.42 Å². The summed E-state index contributed by atoms with van der Waals surface area (Å²) in [4.78, 5) is 0. The lowest BCUT2D eigenvalue weighted by molar-refractivity contribution is -0.660. The second kappa shape index (κ2) is 5.78. The Kier molecular flexibility index (Phi) is 4.27. The second-order valence-electron chi connectivity index (χ2n) is 6.39. The van der Waals surface area contributed by atoms with E-state index in [1.165, 1.54) is 33.5 Å². The highest BCUT2D eigenvalue weighted by molar-refractivity contribution is 5.62. The molecule has 1 aromatic carbocycles. The number of aromatic nitrogens is 1. The third kappa shape index (κ3) is 3.09. The lowest BCUT2D eigenvalue weighted by Gasteiger charge is -2.11. The van der Waals surface area contributed by atoms with E-state index in [1.807, 2.05) is 0 Å². The van der Waals surface area contributed by atoms with Gasteiger partial charge in [0, 0.05) is 17.2 Å². The molecule has 2 aromatic rings. The fourth-order valence-electron chi connectivity index (χ4n) is 2.85. The predicted octanol–water partition coefficient (Wildman–Crippen LogP) is 4.30. The van der Waals surface area contributed by atoms with Crippen molar-refractivity contribution in [3.8, 4) is 11.3 Å². The summed E-state index contributed by atoms with van der Waals surface area (Å²) in [6, 6.07) is 9.07. The van der Waals surface area contributed by atoms with Gasteiger partial charge in [0.2, 0.25) is 5.69 Å². The maximum absolute atomic E-state index is 2.37. The van der Waals surface area contributed by atoms with Gasteiger partial charge in [-0.3, -0.25) is 0 Å². The van der Waals surface area contributed by atoms with E-state index in [2.05, 4.69) is 76.7 Å². The van der Waals surface area contributed by atoms with Crippen LogP contribution >= 0.6 is 0 Å². The molecule has 0 saturated carbocycles. The van der Waals surface area contributed by atoms with Crippen LogP contribution in [-0.2, 0) is 13.5 Å². The number of hydrogen-bond donors (Lipinski definition) is 0. The Balaban J connectivity index is 2.55. The largest absolute Gasteiger partial charge is 0.212 e. The summed E-state index contributed by atoms with van der Waals surface area (Å²) >= 11 is 0. The molecule has 0 bridgehead atoms. The zero-order valence-corrected chi connectivity index (χ0v) is 13.6. The van der Waals surface area contributed by atoms with Crippen molar-refractivity contribution in [2.75, 3.05) is 0 Å². The topological polar surface area (TPSA) is 3.88 Å². The molecule has 0 N–H and O–H groups in total. The van der Waals surface area contributed by atoms with E-state index in [9.17, 15) is 0 Å². The van der Waals surface area contributed by atoms with Gasteiger partial charge in [-0.1, -0.05) is 31.5 Å². The first kappa shape index (κ1) is 14.8. The quantitative estimate of drug-likeness (QED) is 0.731. The van der Waals surface area contributed by atoms with Crippen LogP contribution in [0.3, 0.4) is 0 Å². The van der Waals surface area contributed by atoms with Gasteiger partial charge in [-0.25, -0.2) is 4.57 Å². The van der Waals surface area contributed by atoms with Crippen LogP contribution < -0.4 is 4.57 Å². The molecule has 106 valence electrons. The molecule has 0 aliphatic heterocycles. The molecular weight excluding hydrogens is 242 g/mol. The van der Waals surface area contributed by atoms with Crippen LogP contribution in [0.5, 0.6) is 0 Å². The lowest BCUT2D eigenvalue weighted by Crippen LogP contribution is -2.32. The van der Waals surface area contributed by atoms with E-state index in [0.29, 0.717) is 5.92 Å². The molecule has 1 aromatic heterocycles. The third-order valence-electron chi connectivity index (χ3n) is 3.87. The summed E-state index contributed by atoms with van der Waals surface area (Å²) in [5.74, 6) is 0.688. The number of benzene rings is 1. The van der Waals surface area contributed by atoms with Crippen molar-refractivity contribution in [3.63, 3.8) is 0 Å². The minimum Gasteiger partial charge on any atom is -0.201 e. The molecule has 20 heavy (non-hydrogen) atoms. The first-order valence-electron chi connectivity index (χ1n) is 7.45. The van der Waals surface area contributed by atoms with Gasteiger partial charge in [0.25, 0.3) is 0 Å². The maximum Gasteiger partial charge on any atom is 0.212 e. The predicted molar refractivity (Wildman–Crippen MR) is 85.8 cm³/mol. The van der Waals surface area contributed by atoms with Crippen LogP contribution in [-0.4, -0.2) is 0 Å². The van der Waals surface area contributed by atoms with Gasteiger partial charge in [-0.2, -0.15) is 0 Å². The molecule has 0 unspecified atom stereocenters. The van der Waals surface area contributed by atoms with E-state index >= 15 is 0 Å². The van der Waals surface area contributed by atoms with Crippen molar-refractivity contribution >= 4 is 0 Å². The lowest BCUT2D eigenvalue weighted by atomic mass is 9.96. The molecule has 0 saturated heterocycles. The molecule has 0 atom stereocenters. The molecule has 0 amide bonds. The molecule has 0 aliphatic carbocycles. The Hall–Kier alpha value is -1.63. The van der Waals surface area contributed by atoms with Crippen molar-refractivity contribution in [1.82, 2.24) is 0 Å². The normalized spacial score (nSPS) is 11.2. The van der Waals surface area contributed by atoms with Crippen LogP contribution in [0.2, 0.25) is 0 Å². The number of hydrogen-bond acceptors (Lipinski definition) is 0. The van der Waals surface area contributed by atoms with E-state index in [1.54, 1.807) is 0 Å². The summed E-state index contributed by atoms with van der Waals surface area (Å²) in [5, 5.41) is 0. The Morgan fingerprint density at radius 2 is 1.70 bits per heavy atom. The molecule has 0 spiro atoms. The van der Waals surface area contributed by atoms with Crippen molar-refractivity contribution in [2.45, 2.75) is 41.0 Å². The maximum atomic E-state index is 2.37. The molecular formula is C19H26N+. The summed E-state index contributed by atoms with van der Waals surface area (Å²) in [5.41, 5.74) is 8.16. The van der Waals surface area contributed by atoms with E-state index in [4.69, 9.17) is 0 Å². The van der Waals surface area contributed by atoms with E-state index < -0.39 is 0 Å². The van der Waals surface area contributed by atoms with Gasteiger partial charge in [0.05, 0.1) is 0 Å². The molecule has 0 aliphatic rings. The molecule has 2 rings (SSSR count). The molecule has 1 heterocycles. The smallest absolute Gasteiger partial charge is 0.201 e. The zero-order chi connectivity index (χ0) is 14.9. The summed E-state index contributed by atoms with van der Waals surface area (Å²) in [6.45, 7) is 11.1. The second-order valence-corrected chi connectivity index (χ2v) is 6.39. The van der Waals surface area contributed by atoms with E-state index in [-0.39, 0.29) is 0 Å². The third-order valence-corrected chi connectivity index (χ3v) is 3.87. The standard InChI is InChI=1S/C19H26N/c1-13(2)9-17-11-19(20(6)12-16(17)5)18-8-7-14(3)10-15(18)4/h7-8,10-13H,9H2,1-6H3/q+1. The molecule has 1 nitrogen and oxygen atoms in total. The first-order chi connectivity index (χ1) is 9.38. The molecule has 1 heteroatoms. The van der Waals surface area contributed by atoms with Gasteiger partial charge in [-0.05, 0) is 50.3 Å². The highest BCUT2D eigenvalue weighted by Crippen LogP contribution is 2.24. The van der Waals surface area contributed by atoms with Crippen molar-refractivity contribution in [2.24, 2.45) is 13.0 Å². The van der Waals surface area contributed by atoms with Crippen LogP contribution in [0.4, 0.5) is 0 Å². The van der Waals surface area contributed by atoms with Gasteiger partial charge >= 0.3 is 0 Å².